The number of benzene rings is 1. The van der Waals surface area contributed by atoms with Crippen molar-refractivity contribution in [1.82, 2.24) is 15.2 Å². The third kappa shape index (κ3) is 3.20. The maximum atomic E-state index is 12.1. The average molecular weight is 330 g/mol. The van der Waals surface area contributed by atoms with Crippen LogP contribution in [0.1, 0.15) is 28.0 Å². The Kier molecular flexibility index (Phi) is 4.26. The molecule has 1 aromatic carbocycles. The van der Waals surface area contributed by atoms with Crippen LogP contribution in [0.5, 0.6) is 0 Å². The first-order chi connectivity index (χ1) is 10.7. The van der Waals surface area contributed by atoms with Crippen molar-refractivity contribution in [2.75, 3.05) is 5.32 Å². The average Bonchev–Trinajstić information content (AvgIpc) is 3.17. The molecule has 2 aromatic heterocycles. The number of carbonyl (C=O) groups excluding carboxylic acids is 1. The Morgan fingerprint density at radius 3 is 2.64 bits per heavy atom. The minimum Gasteiger partial charge on any atom is -0.295 e. The molecule has 22 heavy (non-hydrogen) atoms. The Bertz CT molecular complexity index is 792. The van der Waals surface area contributed by atoms with Crippen molar-refractivity contribution < 1.29 is 4.79 Å². The van der Waals surface area contributed by atoms with E-state index in [4.69, 9.17) is 0 Å². The molecule has 0 fully saturated rings. The number of nitrogens with zero attached hydrogens (tertiary/aromatic N) is 3. The number of anilines is 1. The van der Waals surface area contributed by atoms with E-state index in [2.05, 4.69) is 39.6 Å². The lowest BCUT2D eigenvalue weighted by Crippen LogP contribution is -2.12. The fourth-order valence-electron chi connectivity index (χ4n) is 1.90. The van der Waals surface area contributed by atoms with Gasteiger partial charge in [0.1, 0.15) is 15.7 Å². The number of nitrogens with one attached hydrogen (secondary N) is 1. The number of aromatic nitrogens is 3. The minimum atomic E-state index is -0.260. The highest BCUT2D eigenvalue weighted by Gasteiger charge is 2.13. The van der Waals surface area contributed by atoms with Crippen LogP contribution in [0.3, 0.4) is 0 Å². The van der Waals surface area contributed by atoms with Crippen LogP contribution in [0.25, 0.3) is 10.6 Å². The van der Waals surface area contributed by atoms with Gasteiger partial charge in [0.25, 0.3) is 5.91 Å². The zero-order chi connectivity index (χ0) is 15.5. The number of amides is 1. The van der Waals surface area contributed by atoms with Crippen molar-refractivity contribution in [3.63, 3.8) is 0 Å². The Hall–Kier alpha value is -2.12. The van der Waals surface area contributed by atoms with E-state index in [1.54, 1.807) is 5.38 Å². The Labute approximate surface area is 136 Å². The van der Waals surface area contributed by atoms with Crippen molar-refractivity contribution >= 4 is 33.7 Å². The van der Waals surface area contributed by atoms with E-state index >= 15 is 0 Å². The molecule has 1 N–H and O–H groups in total. The van der Waals surface area contributed by atoms with Crippen LogP contribution in [-0.2, 0) is 6.42 Å². The predicted octanol–water partition coefficient (Wildman–Crippen LogP) is 3.78. The van der Waals surface area contributed by atoms with E-state index in [0.717, 1.165) is 22.0 Å². The van der Waals surface area contributed by atoms with Crippen LogP contribution in [0.4, 0.5) is 5.13 Å². The van der Waals surface area contributed by atoms with E-state index in [1.165, 1.54) is 28.2 Å². The quantitative estimate of drug-likeness (QED) is 0.790. The number of aryl methyl sites for hydroxylation is 2. The van der Waals surface area contributed by atoms with Crippen molar-refractivity contribution in [2.45, 2.75) is 20.3 Å². The molecule has 3 rings (SSSR count). The number of hydrogen-bond donors (Lipinski definition) is 1. The maximum Gasteiger partial charge on any atom is 0.276 e. The van der Waals surface area contributed by atoms with Crippen LogP contribution in [0.2, 0.25) is 0 Å². The second-order valence-corrected chi connectivity index (χ2v) is 6.71. The van der Waals surface area contributed by atoms with Gasteiger partial charge in [-0.25, -0.2) is 4.98 Å². The number of rotatable bonds is 4. The summed E-state index contributed by atoms with van der Waals surface area (Å²) in [6.07, 6.45) is 1.01. The molecule has 7 heteroatoms. The number of hydrogen-bond acceptors (Lipinski definition) is 6. The highest BCUT2D eigenvalue weighted by Crippen LogP contribution is 2.25. The topological polar surface area (TPSA) is 67.8 Å². The fourth-order valence-corrected chi connectivity index (χ4v) is 3.29. The predicted molar refractivity (Wildman–Crippen MR) is 89.5 cm³/mol. The summed E-state index contributed by atoms with van der Waals surface area (Å²) in [6.45, 7) is 3.96. The normalized spacial score (nSPS) is 10.6. The smallest absolute Gasteiger partial charge is 0.276 e. The first kappa shape index (κ1) is 14.8. The van der Waals surface area contributed by atoms with Crippen molar-refractivity contribution in [3.8, 4) is 10.6 Å². The van der Waals surface area contributed by atoms with E-state index < -0.39 is 0 Å². The van der Waals surface area contributed by atoms with Gasteiger partial charge in [-0.1, -0.05) is 42.5 Å². The molecule has 0 saturated carbocycles. The van der Waals surface area contributed by atoms with Gasteiger partial charge < -0.3 is 0 Å². The van der Waals surface area contributed by atoms with Crippen LogP contribution in [0.15, 0.2) is 29.6 Å². The van der Waals surface area contributed by atoms with Gasteiger partial charge in [-0.05, 0) is 18.9 Å². The first-order valence-corrected chi connectivity index (χ1v) is 8.51. The summed E-state index contributed by atoms with van der Waals surface area (Å²) >= 11 is 2.80. The molecule has 0 bridgehead atoms. The summed E-state index contributed by atoms with van der Waals surface area (Å²) < 4.78 is 0. The molecule has 3 aromatic rings. The third-order valence-electron chi connectivity index (χ3n) is 3.09. The summed E-state index contributed by atoms with van der Waals surface area (Å²) in [7, 11) is 0. The molecule has 0 aliphatic heterocycles. The van der Waals surface area contributed by atoms with Crippen LogP contribution >= 0.6 is 22.7 Å². The molecule has 0 spiro atoms. The highest BCUT2D eigenvalue weighted by atomic mass is 32.1. The Morgan fingerprint density at radius 1 is 1.23 bits per heavy atom. The van der Waals surface area contributed by atoms with Gasteiger partial charge in [0.15, 0.2) is 0 Å². The standard InChI is InChI=1S/C15H14N4OS2/c1-3-10-4-6-11(7-5-10)14-16-12(8-21-14)13(20)17-15-19-18-9(2)22-15/h4-8H,3H2,1-2H3,(H,17,19,20). The van der Waals surface area contributed by atoms with E-state index in [-0.39, 0.29) is 5.91 Å². The van der Waals surface area contributed by atoms with Crippen molar-refractivity contribution in [3.05, 3.63) is 45.9 Å². The first-order valence-electron chi connectivity index (χ1n) is 6.82. The van der Waals surface area contributed by atoms with Gasteiger partial charge >= 0.3 is 0 Å². The SMILES string of the molecule is CCc1ccc(-c2nc(C(=O)Nc3nnc(C)s3)cs2)cc1. The van der Waals surface area contributed by atoms with Gasteiger partial charge in [0.05, 0.1) is 0 Å². The lowest BCUT2D eigenvalue weighted by Gasteiger charge is -1.99. The summed E-state index contributed by atoms with van der Waals surface area (Å²) in [4.78, 5) is 16.5. The second kappa shape index (κ2) is 6.33. The molecule has 0 unspecified atom stereocenters. The lowest BCUT2D eigenvalue weighted by molar-refractivity contribution is 0.102. The van der Waals surface area contributed by atoms with Gasteiger partial charge in [-0.15, -0.1) is 21.5 Å². The molecule has 0 saturated heterocycles. The molecule has 2 heterocycles. The van der Waals surface area contributed by atoms with Crippen LogP contribution in [0, 0.1) is 6.92 Å². The summed E-state index contributed by atoms with van der Waals surface area (Å²) in [6, 6.07) is 8.24. The lowest BCUT2D eigenvalue weighted by atomic mass is 10.1. The molecule has 5 nitrogen and oxygen atoms in total. The van der Waals surface area contributed by atoms with Gasteiger partial charge in [0, 0.05) is 10.9 Å². The molecule has 112 valence electrons. The number of carbonyl (C=O) groups is 1. The highest BCUT2D eigenvalue weighted by molar-refractivity contribution is 7.15. The van der Waals surface area contributed by atoms with E-state index in [9.17, 15) is 4.79 Å². The second-order valence-electron chi connectivity index (χ2n) is 4.67. The van der Waals surface area contributed by atoms with Gasteiger partial charge in [-0.2, -0.15) is 0 Å². The van der Waals surface area contributed by atoms with Crippen molar-refractivity contribution in [1.29, 1.82) is 0 Å². The van der Waals surface area contributed by atoms with Gasteiger partial charge in [0.2, 0.25) is 5.13 Å². The molecular weight excluding hydrogens is 316 g/mol. The van der Waals surface area contributed by atoms with Gasteiger partial charge in [-0.3, -0.25) is 10.1 Å². The summed E-state index contributed by atoms with van der Waals surface area (Å²) in [5.41, 5.74) is 2.70. The van der Waals surface area contributed by atoms with Crippen molar-refractivity contribution in [2.24, 2.45) is 0 Å². The van der Waals surface area contributed by atoms with E-state index in [0.29, 0.717) is 10.8 Å². The number of thiazole rings is 1. The maximum absolute atomic E-state index is 12.1. The molecule has 0 radical (unpaired) electrons. The molecule has 1 amide bonds. The molecular formula is C15H14N4OS2. The third-order valence-corrected chi connectivity index (χ3v) is 4.74. The molecule has 0 aliphatic rings. The zero-order valence-electron chi connectivity index (χ0n) is 12.2. The minimum absolute atomic E-state index is 0.260. The van der Waals surface area contributed by atoms with Crippen LogP contribution < -0.4 is 5.32 Å². The van der Waals surface area contributed by atoms with Crippen LogP contribution in [-0.4, -0.2) is 21.1 Å². The Morgan fingerprint density at radius 2 is 2.00 bits per heavy atom. The Balaban J connectivity index is 1.76. The molecule has 0 aliphatic carbocycles. The fraction of sp³-hybridized carbons (Fsp3) is 0.200. The summed E-state index contributed by atoms with van der Waals surface area (Å²) in [5, 5.41) is 14.3. The monoisotopic (exact) mass is 330 g/mol. The molecule has 0 atom stereocenters. The zero-order valence-corrected chi connectivity index (χ0v) is 13.8. The summed E-state index contributed by atoms with van der Waals surface area (Å²) in [5.74, 6) is -0.260. The largest absolute Gasteiger partial charge is 0.295 e. The van der Waals surface area contributed by atoms with E-state index in [1.807, 2.05) is 19.1 Å².